The van der Waals surface area contributed by atoms with Crippen LogP contribution in [0.25, 0.3) is 32.3 Å². The lowest BCUT2D eigenvalue weighted by atomic mass is 9.61. The Balaban J connectivity index is 1.59. The average molecular weight is 358 g/mol. The molecule has 4 aromatic carbocycles. The number of benzene rings is 4. The van der Waals surface area contributed by atoms with Crippen LogP contribution in [0, 0.1) is 23.7 Å². The van der Waals surface area contributed by atoms with Crippen molar-refractivity contribution in [2.45, 2.75) is 24.7 Å². The molecule has 4 aliphatic carbocycles. The maximum atomic E-state index is 2.57. The highest BCUT2D eigenvalue weighted by atomic mass is 14.6. The van der Waals surface area contributed by atoms with E-state index in [1.54, 1.807) is 21.9 Å². The van der Waals surface area contributed by atoms with Gasteiger partial charge < -0.3 is 0 Å². The standard InChI is InChI=1S/C28H22/c1-2-7-16-15(6-1)19-10-4-12-21-25(19)26-20(16)11-5-13-22(26)28-24-14-23(27(21)28)17-8-3-9-18(17)24/h1-8,10-13,17-18,23-24,27-28H,9,14H2/t17-,18+,23+,24-,27+,28-/m0/s1. The molecule has 0 radical (unpaired) electrons. The van der Waals surface area contributed by atoms with Gasteiger partial charge in [-0.25, -0.2) is 0 Å². The molecule has 28 heavy (non-hydrogen) atoms. The van der Waals surface area contributed by atoms with Gasteiger partial charge in [-0.15, -0.1) is 0 Å². The summed E-state index contributed by atoms with van der Waals surface area (Å²) in [7, 11) is 0. The Morgan fingerprint density at radius 2 is 1.18 bits per heavy atom. The van der Waals surface area contributed by atoms with E-state index in [4.69, 9.17) is 0 Å². The minimum absolute atomic E-state index is 0.719. The number of hydrogen-bond donors (Lipinski definition) is 0. The molecule has 8 rings (SSSR count). The predicted molar refractivity (Wildman–Crippen MR) is 117 cm³/mol. The van der Waals surface area contributed by atoms with Crippen molar-refractivity contribution >= 4 is 32.3 Å². The van der Waals surface area contributed by atoms with Crippen LogP contribution in [0.3, 0.4) is 0 Å². The fourth-order valence-electron chi connectivity index (χ4n) is 8.09. The number of fused-ring (bicyclic) bond motifs is 13. The Hall–Kier alpha value is -2.60. The molecule has 2 fully saturated rings. The van der Waals surface area contributed by atoms with E-state index in [2.05, 4.69) is 72.8 Å². The summed E-state index contributed by atoms with van der Waals surface area (Å²) in [5, 5.41) is 8.92. The van der Waals surface area contributed by atoms with Crippen LogP contribution in [0.5, 0.6) is 0 Å². The summed E-state index contributed by atoms with van der Waals surface area (Å²) in [6.45, 7) is 0. The topological polar surface area (TPSA) is 0 Å². The summed E-state index contributed by atoms with van der Waals surface area (Å²) in [5.41, 5.74) is 3.32. The lowest BCUT2D eigenvalue weighted by Gasteiger charge is -2.42. The highest BCUT2D eigenvalue weighted by Gasteiger charge is 2.59. The summed E-state index contributed by atoms with van der Waals surface area (Å²) < 4.78 is 0. The first-order valence-corrected chi connectivity index (χ1v) is 10.9. The molecule has 4 aliphatic rings. The van der Waals surface area contributed by atoms with Crippen molar-refractivity contribution in [3.05, 3.63) is 83.9 Å². The molecular weight excluding hydrogens is 336 g/mol. The normalized spacial score (nSPS) is 34.0. The van der Waals surface area contributed by atoms with Gasteiger partial charge in [-0.3, -0.25) is 0 Å². The molecule has 0 aromatic heterocycles. The zero-order chi connectivity index (χ0) is 18.0. The van der Waals surface area contributed by atoms with Crippen LogP contribution in [-0.4, -0.2) is 0 Å². The van der Waals surface area contributed by atoms with Gasteiger partial charge >= 0.3 is 0 Å². The van der Waals surface area contributed by atoms with Crippen LogP contribution in [-0.2, 0) is 0 Å². The van der Waals surface area contributed by atoms with Crippen LogP contribution < -0.4 is 0 Å². The largest absolute Gasteiger partial charge is 0.0879 e. The molecule has 0 heterocycles. The monoisotopic (exact) mass is 358 g/mol. The maximum Gasteiger partial charge on any atom is -0.00496 e. The zero-order valence-electron chi connectivity index (χ0n) is 15.8. The Morgan fingerprint density at radius 1 is 0.571 bits per heavy atom. The minimum Gasteiger partial charge on any atom is -0.0879 e. The van der Waals surface area contributed by atoms with Crippen LogP contribution in [0.2, 0.25) is 0 Å². The van der Waals surface area contributed by atoms with E-state index in [0.717, 1.165) is 35.5 Å². The van der Waals surface area contributed by atoms with Gasteiger partial charge in [-0.2, -0.15) is 0 Å². The van der Waals surface area contributed by atoms with Gasteiger partial charge in [-0.1, -0.05) is 72.8 Å². The van der Waals surface area contributed by atoms with Crippen molar-refractivity contribution in [3.63, 3.8) is 0 Å². The van der Waals surface area contributed by atoms with Gasteiger partial charge in [-0.05, 0) is 91.8 Å². The second-order valence-corrected chi connectivity index (χ2v) is 9.61. The molecule has 0 aliphatic heterocycles. The molecule has 0 spiro atoms. The third-order valence-corrected chi connectivity index (χ3v) is 8.83. The lowest BCUT2D eigenvalue weighted by molar-refractivity contribution is 0.225. The molecule has 2 bridgehead atoms. The van der Waals surface area contributed by atoms with Gasteiger partial charge in [0.1, 0.15) is 0 Å². The molecule has 0 saturated heterocycles. The van der Waals surface area contributed by atoms with E-state index in [9.17, 15) is 0 Å². The minimum atomic E-state index is 0.719. The Labute approximate surface area is 164 Å². The Morgan fingerprint density at radius 3 is 1.86 bits per heavy atom. The van der Waals surface area contributed by atoms with Gasteiger partial charge in [0, 0.05) is 0 Å². The Kier molecular flexibility index (Phi) is 2.41. The van der Waals surface area contributed by atoms with Crippen molar-refractivity contribution < 1.29 is 0 Å². The van der Waals surface area contributed by atoms with Gasteiger partial charge in [0.05, 0.1) is 0 Å². The molecule has 0 amide bonds. The van der Waals surface area contributed by atoms with E-state index < -0.39 is 0 Å². The third-order valence-electron chi connectivity index (χ3n) is 8.83. The van der Waals surface area contributed by atoms with Crippen LogP contribution in [0.4, 0.5) is 0 Å². The number of hydrogen-bond acceptors (Lipinski definition) is 0. The van der Waals surface area contributed by atoms with Gasteiger partial charge in [0.15, 0.2) is 0 Å². The molecule has 4 aromatic rings. The fourth-order valence-corrected chi connectivity index (χ4v) is 8.09. The fraction of sp³-hybridized carbons (Fsp3) is 0.286. The first kappa shape index (κ1) is 14.4. The first-order valence-electron chi connectivity index (χ1n) is 10.9. The molecule has 0 nitrogen and oxygen atoms in total. The van der Waals surface area contributed by atoms with E-state index >= 15 is 0 Å². The quantitative estimate of drug-likeness (QED) is 0.231. The SMILES string of the molecule is C1=C[C@H]2[C@@H](C1)[C@@H]1C[C@H]2[C@H]2c3cccc4c5ccccc5c5cccc(c5c34)[C@@H]12. The van der Waals surface area contributed by atoms with Gasteiger partial charge in [0.2, 0.25) is 0 Å². The zero-order valence-corrected chi connectivity index (χ0v) is 15.8. The second-order valence-electron chi connectivity index (χ2n) is 9.61. The van der Waals surface area contributed by atoms with Crippen molar-refractivity contribution in [1.82, 2.24) is 0 Å². The lowest BCUT2D eigenvalue weighted by Crippen LogP contribution is -2.31. The summed E-state index contributed by atoms with van der Waals surface area (Å²) >= 11 is 0. The van der Waals surface area contributed by atoms with Crippen molar-refractivity contribution in [2.24, 2.45) is 23.7 Å². The Bertz CT molecular complexity index is 1360. The predicted octanol–water partition coefficient (Wildman–Crippen LogP) is 7.17. The summed E-state index contributed by atoms with van der Waals surface area (Å²) in [6, 6.07) is 23.4. The van der Waals surface area contributed by atoms with Crippen molar-refractivity contribution in [3.8, 4) is 0 Å². The van der Waals surface area contributed by atoms with E-state index in [-0.39, 0.29) is 0 Å². The van der Waals surface area contributed by atoms with Crippen molar-refractivity contribution in [2.75, 3.05) is 0 Å². The van der Waals surface area contributed by atoms with Gasteiger partial charge in [0.25, 0.3) is 0 Å². The van der Waals surface area contributed by atoms with Crippen molar-refractivity contribution in [1.29, 1.82) is 0 Å². The first-order chi connectivity index (χ1) is 13.9. The van der Waals surface area contributed by atoms with E-state index in [1.807, 2.05) is 0 Å². The number of rotatable bonds is 0. The maximum absolute atomic E-state index is 2.57. The summed E-state index contributed by atoms with van der Waals surface area (Å²) in [5.74, 6) is 4.91. The van der Waals surface area contributed by atoms with E-state index in [0.29, 0.717) is 0 Å². The average Bonchev–Trinajstić information content (AvgIpc) is 3.45. The molecule has 2 saturated carbocycles. The third kappa shape index (κ3) is 1.44. The van der Waals surface area contributed by atoms with E-state index in [1.165, 1.54) is 34.4 Å². The van der Waals surface area contributed by atoms with Crippen LogP contribution >= 0.6 is 0 Å². The van der Waals surface area contributed by atoms with Crippen LogP contribution in [0.15, 0.2) is 72.8 Å². The number of allylic oxidation sites excluding steroid dienone is 2. The molecule has 0 unspecified atom stereocenters. The molecular formula is C28H22. The molecule has 0 N–H and O–H groups in total. The summed E-state index contributed by atoms with van der Waals surface area (Å²) in [6.07, 6.45) is 7.81. The molecule has 6 atom stereocenters. The highest BCUT2D eigenvalue weighted by molar-refractivity contribution is 6.27. The summed E-state index contributed by atoms with van der Waals surface area (Å²) in [4.78, 5) is 0. The highest BCUT2D eigenvalue weighted by Crippen LogP contribution is 2.70. The molecule has 134 valence electrons. The van der Waals surface area contributed by atoms with Crippen LogP contribution in [0.1, 0.15) is 35.8 Å². The smallest absolute Gasteiger partial charge is 0.00496 e. The second kappa shape index (κ2) is 4.69. The molecule has 0 heteroatoms.